The number of nitrogens with zero attached hydrogens (tertiary/aromatic N) is 1. The molecule has 0 unspecified atom stereocenters. The fraction of sp³-hybridized carbons (Fsp3) is 0.286. The second-order valence-electron chi connectivity index (χ2n) is 7.03. The summed E-state index contributed by atoms with van der Waals surface area (Å²) in [4.78, 5) is 14.4. The van der Waals surface area contributed by atoms with E-state index in [1.165, 1.54) is 29.8 Å². The van der Waals surface area contributed by atoms with Crippen LogP contribution in [0.5, 0.6) is 5.75 Å². The quantitative estimate of drug-likeness (QED) is 0.771. The van der Waals surface area contributed by atoms with Crippen LogP contribution in [0.15, 0.2) is 42.5 Å². The lowest BCUT2D eigenvalue weighted by Crippen LogP contribution is -2.23. The Morgan fingerprint density at radius 3 is 2.59 bits per heavy atom. The molecule has 0 atom stereocenters. The molecule has 2 heterocycles. The van der Waals surface area contributed by atoms with E-state index in [0.29, 0.717) is 22.7 Å². The first kappa shape index (κ1) is 19.8. The van der Waals surface area contributed by atoms with Crippen LogP contribution < -0.4 is 10.1 Å². The largest absolute Gasteiger partial charge is 0.573 e. The van der Waals surface area contributed by atoms with Gasteiger partial charge in [0.05, 0.1) is 10.6 Å². The van der Waals surface area contributed by atoms with E-state index in [0.717, 1.165) is 30.6 Å². The van der Waals surface area contributed by atoms with Gasteiger partial charge in [0.25, 0.3) is 5.91 Å². The first-order valence-corrected chi connectivity index (χ1v) is 9.54. The van der Waals surface area contributed by atoms with Crippen molar-refractivity contribution in [1.29, 1.82) is 0 Å². The van der Waals surface area contributed by atoms with Crippen LogP contribution in [0.2, 0.25) is 5.02 Å². The average Bonchev–Trinajstić information content (AvgIpc) is 2.99. The number of benzene rings is 2. The summed E-state index contributed by atoms with van der Waals surface area (Å²) < 4.78 is 40.7. The first-order valence-electron chi connectivity index (χ1n) is 9.17. The smallest absolute Gasteiger partial charge is 0.406 e. The Balaban J connectivity index is 1.51. The van der Waals surface area contributed by atoms with Crippen LogP contribution in [0.1, 0.15) is 33.5 Å². The summed E-state index contributed by atoms with van der Waals surface area (Å²) in [7, 11) is 0. The molecule has 0 spiro atoms. The summed E-state index contributed by atoms with van der Waals surface area (Å²) >= 11 is 6.43. The highest BCUT2D eigenvalue weighted by atomic mass is 35.5. The zero-order chi connectivity index (χ0) is 20.6. The molecular weight excluding hydrogens is 405 g/mol. The summed E-state index contributed by atoms with van der Waals surface area (Å²) in [6.45, 7) is 2.40. The molecule has 2 aliphatic heterocycles. The fourth-order valence-electron chi connectivity index (χ4n) is 3.68. The Bertz CT molecular complexity index is 971. The topological polar surface area (TPSA) is 41.6 Å². The molecule has 0 bridgehead atoms. The molecular formula is C21H18ClF3N2O2. The average molecular weight is 423 g/mol. The Kier molecular flexibility index (Phi) is 5.27. The lowest BCUT2D eigenvalue weighted by Gasteiger charge is -2.16. The number of nitrogens with one attached hydrogen (secondary N) is 1. The number of fused-ring (bicyclic) bond motifs is 1. The fourth-order valence-corrected chi connectivity index (χ4v) is 4.00. The molecule has 2 aliphatic rings. The Hall–Kier alpha value is -2.51. The van der Waals surface area contributed by atoms with E-state index in [2.05, 4.69) is 16.1 Å². The lowest BCUT2D eigenvalue weighted by atomic mass is 9.96. The van der Waals surface area contributed by atoms with Crippen molar-refractivity contribution in [2.24, 2.45) is 0 Å². The second-order valence-corrected chi connectivity index (χ2v) is 7.44. The molecule has 0 aromatic heterocycles. The molecule has 0 fully saturated rings. The maximum absolute atomic E-state index is 12.8. The molecule has 0 saturated heterocycles. The number of hydrogen-bond acceptors (Lipinski definition) is 3. The van der Waals surface area contributed by atoms with Crippen LogP contribution in [0.3, 0.4) is 0 Å². The highest BCUT2D eigenvalue weighted by Crippen LogP contribution is 2.34. The monoisotopic (exact) mass is 422 g/mol. The van der Waals surface area contributed by atoms with Crippen molar-refractivity contribution >= 4 is 23.1 Å². The van der Waals surface area contributed by atoms with Gasteiger partial charge in [-0.05, 0) is 59.5 Å². The van der Waals surface area contributed by atoms with Gasteiger partial charge in [0.15, 0.2) is 0 Å². The Morgan fingerprint density at radius 1 is 1.17 bits per heavy atom. The van der Waals surface area contributed by atoms with E-state index >= 15 is 0 Å². The molecule has 1 amide bonds. The predicted octanol–water partition coefficient (Wildman–Crippen LogP) is 4.77. The SMILES string of the molecule is O=C1c2c(Cl)cc(C3=CCNCC3)cc2CN1Cc1ccc(OC(F)(F)F)cc1. The van der Waals surface area contributed by atoms with E-state index in [1.54, 1.807) is 4.90 Å². The highest BCUT2D eigenvalue weighted by Gasteiger charge is 2.32. The minimum Gasteiger partial charge on any atom is -0.406 e. The van der Waals surface area contributed by atoms with Crippen LogP contribution in [0.4, 0.5) is 13.2 Å². The van der Waals surface area contributed by atoms with E-state index in [1.807, 2.05) is 12.1 Å². The number of carbonyl (C=O) groups is 1. The van der Waals surface area contributed by atoms with Crippen LogP contribution in [0.25, 0.3) is 5.57 Å². The Morgan fingerprint density at radius 2 is 1.93 bits per heavy atom. The molecule has 0 saturated carbocycles. The van der Waals surface area contributed by atoms with Gasteiger partial charge in [0, 0.05) is 19.6 Å². The van der Waals surface area contributed by atoms with Crippen molar-refractivity contribution in [2.75, 3.05) is 13.1 Å². The van der Waals surface area contributed by atoms with Crippen molar-refractivity contribution < 1.29 is 22.7 Å². The molecule has 4 rings (SSSR count). The third kappa shape index (κ3) is 4.41. The standard InChI is InChI=1S/C21H18ClF3N2O2/c22-18-10-15(14-5-7-26-8-6-14)9-16-12-27(20(28)19(16)18)11-13-1-3-17(4-2-13)29-21(23,24)25/h1-5,9-10,26H,6-8,11-12H2. The number of rotatable bonds is 4. The van der Waals surface area contributed by atoms with E-state index in [-0.39, 0.29) is 18.2 Å². The van der Waals surface area contributed by atoms with E-state index in [4.69, 9.17) is 11.6 Å². The zero-order valence-electron chi connectivity index (χ0n) is 15.4. The number of amides is 1. The predicted molar refractivity (Wildman–Crippen MR) is 104 cm³/mol. The van der Waals surface area contributed by atoms with Gasteiger partial charge in [-0.2, -0.15) is 0 Å². The van der Waals surface area contributed by atoms with Gasteiger partial charge >= 0.3 is 6.36 Å². The van der Waals surface area contributed by atoms with Crippen molar-refractivity contribution in [3.8, 4) is 5.75 Å². The van der Waals surface area contributed by atoms with E-state index < -0.39 is 6.36 Å². The summed E-state index contributed by atoms with van der Waals surface area (Å²) in [6.07, 6.45) is -1.70. The van der Waals surface area contributed by atoms with Crippen LogP contribution in [0, 0.1) is 0 Å². The first-order chi connectivity index (χ1) is 13.8. The maximum atomic E-state index is 12.8. The van der Waals surface area contributed by atoms with Crippen LogP contribution in [-0.4, -0.2) is 30.3 Å². The van der Waals surface area contributed by atoms with Crippen molar-refractivity contribution in [2.45, 2.75) is 25.9 Å². The molecule has 0 aliphatic carbocycles. The summed E-state index contributed by atoms with van der Waals surface area (Å²) in [5, 5.41) is 3.70. The normalized spacial score (nSPS) is 16.6. The second kappa shape index (κ2) is 7.72. The summed E-state index contributed by atoms with van der Waals surface area (Å²) in [5.74, 6) is -0.466. The third-order valence-electron chi connectivity index (χ3n) is 5.00. The molecule has 152 valence electrons. The van der Waals surface area contributed by atoms with Crippen molar-refractivity contribution in [3.63, 3.8) is 0 Å². The number of ether oxygens (including phenoxy) is 1. The summed E-state index contributed by atoms with van der Waals surface area (Å²) in [5.41, 5.74) is 4.31. The van der Waals surface area contributed by atoms with Crippen LogP contribution >= 0.6 is 11.6 Å². The molecule has 2 aromatic rings. The molecule has 4 nitrogen and oxygen atoms in total. The minimum atomic E-state index is -4.73. The van der Waals surface area contributed by atoms with Gasteiger partial charge < -0.3 is 15.0 Å². The van der Waals surface area contributed by atoms with Gasteiger partial charge in [-0.3, -0.25) is 4.79 Å². The van der Waals surface area contributed by atoms with Crippen LogP contribution in [-0.2, 0) is 13.1 Å². The summed E-state index contributed by atoms with van der Waals surface area (Å²) in [6, 6.07) is 9.36. The maximum Gasteiger partial charge on any atom is 0.573 e. The number of alkyl halides is 3. The molecule has 0 radical (unpaired) electrons. The number of hydrogen-bond donors (Lipinski definition) is 1. The van der Waals surface area contributed by atoms with Crippen molar-refractivity contribution in [1.82, 2.24) is 10.2 Å². The van der Waals surface area contributed by atoms with Gasteiger partial charge in [-0.15, -0.1) is 13.2 Å². The van der Waals surface area contributed by atoms with Crippen molar-refractivity contribution in [3.05, 3.63) is 69.8 Å². The zero-order valence-corrected chi connectivity index (χ0v) is 16.1. The van der Waals surface area contributed by atoms with Gasteiger partial charge in [0.2, 0.25) is 0 Å². The number of halogens is 4. The minimum absolute atomic E-state index is 0.175. The third-order valence-corrected chi connectivity index (χ3v) is 5.30. The van der Waals surface area contributed by atoms with Gasteiger partial charge in [-0.25, -0.2) is 0 Å². The molecule has 2 aromatic carbocycles. The molecule has 1 N–H and O–H groups in total. The molecule has 8 heteroatoms. The lowest BCUT2D eigenvalue weighted by molar-refractivity contribution is -0.274. The number of carbonyl (C=O) groups excluding carboxylic acids is 1. The van der Waals surface area contributed by atoms with E-state index in [9.17, 15) is 18.0 Å². The highest BCUT2D eigenvalue weighted by molar-refractivity contribution is 6.34. The van der Waals surface area contributed by atoms with Gasteiger partial charge in [-0.1, -0.05) is 29.8 Å². The molecule has 29 heavy (non-hydrogen) atoms. The Labute approximate surface area is 170 Å². The van der Waals surface area contributed by atoms with Gasteiger partial charge in [0.1, 0.15) is 5.75 Å².